The highest BCUT2D eigenvalue weighted by Crippen LogP contribution is 2.16. The van der Waals surface area contributed by atoms with Gasteiger partial charge in [-0.05, 0) is 48.5 Å². The van der Waals surface area contributed by atoms with Crippen LogP contribution in [0.5, 0.6) is 0 Å². The van der Waals surface area contributed by atoms with Crippen LogP contribution < -0.4 is 10.6 Å². The van der Waals surface area contributed by atoms with Gasteiger partial charge in [0.2, 0.25) is 5.91 Å². The van der Waals surface area contributed by atoms with Crippen LogP contribution in [0, 0.1) is 12.7 Å². The molecule has 0 radical (unpaired) electrons. The Hall–Kier alpha value is -2.35. The average molecular weight is 334 g/mol. The Kier molecular flexibility index (Phi) is 6.36. The normalized spacial score (nSPS) is 13.5. The summed E-state index contributed by atoms with van der Waals surface area (Å²) in [5, 5.41) is 17.5. The smallest absolute Gasteiger partial charge is 0.245 e. The number of hydrogen-bond acceptors (Lipinski definition) is 5. The number of amides is 1. The zero-order valence-corrected chi connectivity index (χ0v) is 14.2. The maximum atomic E-state index is 13.4. The van der Waals surface area contributed by atoms with Crippen molar-refractivity contribution in [3.05, 3.63) is 41.5 Å². The van der Waals surface area contributed by atoms with Crippen molar-refractivity contribution in [2.45, 2.75) is 39.3 Å². The van der Waals surface area contributed by atoms with Gasteiger partial charge in [-0.2, -0.15) is 0 Å². The van der Waals surface area contributed by atoms with E-state index in [0.29, 0.717) is 24.4 Å². The third-order valence-corrected chi connectivity index (χ3v) is 3.71. The lowest BCUT2D eigenvalue weighted by Gasteiger charge is -2.19. The van der Waals surface area contributed by atoms with Gasteiger partial charge in [-0.1, -0.05) is 19.1 Å². The molecule has 2 rings (SSSR count). The van der Waals surface area contributed by atoms with Crippen LogP contribution in [0.3, 0.4) is 0 Å². The highest BCUT2D eigenvalue weighted by Gasteiger charge is 2.24. The summed E-state index contributed by atoms with van der Waals surface area (Å²) in [6, 6.07) is 5.73. The number of rotatable bonds is 8. The molecule has 1 heterocycles. The van der Waals surface area contributed by atoms with Gasteiger partial charge in [-0.3, -0.25) is 4.79 Å². The lowest BCUT2D eigenvalue weighted by atomic mass is 10.0. The molecule has 1 aromatic heterocycles. The molecule has 1 unspecified atom stereocenters. The second-order valence-corrected chi connectivity index (χ2v) is 5.72. The SMILES string of the molecule is CCN[C@H](C)CNC(=O)C(Cc1cccc(F)c1)n1nnnc1C. The Balaban J connectivity index is 2.14. The Morgan fingerprint density at radius 2 is 2.21 bits per heavy atom. The Morgan fingerprint density at radius 3 is 2.83 bits per heavy atom. The molecule has 1 aromatic carbocycles. The van der Waals surface area contributed by atoms with Crippen LogP contribution in [0.15, 0.2) is 24.3 Å². The summed E-state index contributed by atoms with van der Waals surface area (Å²) < 4.78 is 14.9. The van der Waals surface area contributed by atoms with Crippen LogP contribution >= 0.6 is 0 Å². The van der Waals surface area contributed by atoms with Gasteiger partial charge in [0, 0.05) is 19.0 Å². The first-order valence-electron chi connectivity index (χ1n) is 8.01. The summed E-state index contributed by atoms with van der Waals surface area (Å²) in [7, 11) is 0. The van der Waals surface area contributed by atoms with Crippen LogP contribution in [-0.2, 0) is 11.2 Å². The topological polar surface area (TPSA) is 84.7 Å². The number of aryl methyl sites for hydroxylation is 1. The van der Waals surface area contributed by atoms with Crippen LogP contribution in [-0.4, -0.2) is 45.2 Å². The number of benzene rings is 1. The molecule has 0 saturated heterocycles. The number of nitrogens with zero attached hydrogens (tertiary/aromatic N) is 4. The molecule has 0 aliphatic rings. The Labute approximate surface area is 140 Å². The number of halogens is 1. The maximum absolute atomic E-state index is 13.4. The minimum atomic E-state index is -0.629. The average Bonchev–Trinajstić information content (AvgIpc) is 2.96. The van der Waals surface area contributed by atoms with Gasteiger partial charge < -0.3 is 10.6 Å². The predicted octanol–water partition coefficient (Wildman–Crippen LogP) is 1.02. The summed E-state index contributed by atoms with van der Waals surface area (Å²) in [6.45, 7) is 7.06. The number of aromatic nitrogens is 4. The first kappa shape index (κ1) is 18.0. The highest BCUT2D eigenvalue weighted by molar-refractivity contribution is 5.80. The molecule has 0 bridgehead atoms. The van der Waals surface area contributed by atoms with E-state index in [0.717, 1.165) is 6.54 Å². The predicted molar refractivity (Wildman–Crippen MR) is 87.8 cm³/mol. The maximum Gasteiger partial charge on any atom is 0.245 e. The van der Waals surface area contributed by atoms with Crippen molar-refractivity contribution in [1.29, 1.82) is 0 Å². The molecule has 2 N–H and O–H groups in total. The Morgan fingerprint density at radius 1 is 1.42 bits per heavy atom. The van der Waals surface area contributed by atoms with Crippen molar-refractivity contribution in [2.24, 2.45) is 0 Å². The fourth-order valence-electron chi connectivity index (χ4n) is 2.50. The molecule has 130 valence electrons. The molecular weight excluding hydrogens is 311 g/mol. The second kappa shape index (κ2) is 8.49. The third-order valence-electron chi connectivity index (χ3n) is 3.71. The van der Waals surface area contributed by atoms with Crippen molar-refractivity contribution in [3.63, 3.8) is 0 Å². The lowest BCUT2D eigenvalue weighted by Crippen LogP contribution is -2.42. The summed E-state index contributed by atoms with van der Waals surface area (Å²) in [5.41, 5.74) is 0.713. The van der Waals surface area contributed by atoms with E-state index in [4.69, 9.17) is 0 Å². The van der Waals surface area contributed by atoms with E-state index in [2.05, 4.69) is 26.2 Å². The molecule has 0 saturated carbocycles. The van der Waals surface area contributed by atoms with Crippen LogP contribution in [0.25, 0.3) is 0 Å². The van der Waals surface area contributed by atoms with E-state index in [1.165, 1.54) is 16.8 Å². The van der Waals surface area contributed by atoms with Crippen LogP contribution in [0.1, 0.15) is 31.3 Å². The van der Waals surface area contributed by atoms with Gasteiger partial charge in [-0.25, -0.2) is 9.07 Å². The minimum absolute atomic E-state index is 0.156. The minimum Gasteiger partial charge on any atom is -0.353 e. The number of carbonyl (C=O) groups is 1. The van der Waals surface area contributed by atoms with Gasteiger partial charge in [0.15, 0.2) is 0 Å². The van der Waals surface area contributed by atoms with Gasteiger partial charge >= 0.3 is 0 Å². The number of likely N-dealkylation sites (N-methyl/N-ethyl adjacent to an activating group) is 1. The summed E-state index contributed by atoms with van der Waals surface area (Å²) in [5.74, 6) is 0.00608. The third kappa shape index (κ3) is 4.82. The van der Waals surface area contributed by atoms with Crippen molar-refractivity contribution < 1.29 is 9.18 Å². The standard InChI is InChI=1S/C16H23FN6O/c1-4-18-11(2)10-19-16(24)15(23-12(3)20-21-22-23)9-13-6-5-7-14(17)8-13/h5-8,11,15,18H,4,9-10H2,1-3H3,(H,19,24)/t11-,15?/m1/s1. The summed E-state index contributed by atoms with van der Waals surface area (Å²) in [6.07, 6.45) is 0.311. The molecule has 0 aliphatic carbocycles. The van der Waals surface area contributed by atoms with Gasteiger partial charge in [-0.15, -0.1) is 5.10 Å². The van der Waals surface area contributed by atoms with E-state index >= 15 is 0 Å². The van der Waals surface area contributed by atoms with Crippen molar-refractivity contribution >= 4 is 5.91 Å². The number of hydrogen-bond donors (Lipinski definition) is 2. The molecule has 1 amide bonds. The highest BCUT2D eigenvalue weighted by atomic mass is 19.1. The van der Waals surface area contributed by atoms with Gasteiger partial charge in [0.1, 0.15) is 17.7 Å². The van der Waals surface area contributed by atoms with E-state index in [1.54, 1.807) is 19.1 Å². The van der Waals surface area contributed by atoms with Crippen LogP contribution in [0.4, 0.5) is 4.39 Å². The van der Waals surface area contributed by atoms with Crippen molar-refractivity contribution in [3.8, 4) is 0 Å². The second-order valence-electron chi connectivity index (χ2n) is 5.72. The zero-order chi connectivity index (χ0) is 17.5. The van der Waals surface area contributed by atoms with Crippen molar-refractivity contribution in [2.75, 3.05) is 13.1 Å². The van der Waals surface area contributed by atoms with Gasteiger partial charge in [0.05, 0.1) is 0 Å². The summed E-state index contributed by atoms with van der Waals surface area (Å²) in [4.78, 5) is 12.6. The Bertz CT molecular complexity index is 674. The zero-order valence-electron chi connectivity index (χ0n) is 14.2. The molecule has 0 fully saturated rings. The van der Waals surface area contributed by atoms with E-state index in [1.807, 2.05) is 13.8 Å². The fraction of sp³-hybridized carbons (Fsp3) is 0.500. The number of carbonyl (C=O) groups excluding carboxylic acids is 1. The molecule has 2 atom stereocenters. The molecule has 24 heavy (non-hydrogen) atoms. The molecule has 2 aromatic rings. The van der Waals surface area contributed by atoms with E-state index in [-0.39, 0.29) is 17.8 Å². The quantitative estimate of drug-likeness (QED) is 0.753. The molecular formula is C16H23FN6O. The monoisotopic (exact) mass is 334 g/mol. The fourth-order valence-corrected chi connectivity index (χ4v) is 2.50. The van der Waals surface area contributed by atoms with E-state index < -0.39 is 6.04 Å². The molecule has 7 nitrogen and oxygen atoms in total. The largest absolute Gasteiger partial charge is 0.353 e. The molecule has 0 spiro atoms. The summed E-state index contributed by atoms with van der Waals surface area (Å²) >= 11 is 0. The first-order valence-corrected chi connectivity index (χ1v) is 8.01. The lowest BCUT2D eigenvalue weighted by molar-refractivity contribution is -0.124. The first-order chi connectivity index (χ1) is 11.5. The molecule has 8 heteroatoms. The van der Waals surface area contributed by atoms with E-state index in [9.17, 15) is 9.18 Å². The number of tetrazole rings is 1. The molecule has 0 aliphatic heterocycles. The number of nitrogens with one attached hydrogen (secondary N) is 2. The van der Waals surface area contributed by atoms with Crippen molar-refractivity contribution in [1.82, 2.24) is 30.8 Å². The van der Waals surface area contributed by atoms with Gasteiger partial charge in [0.25, 0.3) is 0 Å². The van der Waals surface area contributed by atoms with Crippen LogP contribution in [0.2, 0.25) is 0 Å².